The van der Waals surface area contributed by atoms with Crippen LogP contribution in [0.25, 0.3) is 0 Å². The Morgan fingerprint density at radius 2 is 0.861 bits per heavy atom. The lowest BCUT2D eigenvalue weighted by Crippen LogP contribution is -2.31. The van der Waals surface area contributed by atoms with E-state index >= 15 is 0 Å². The highest BCUT2D eigenvalue weighted by Gasteiger charge is 2.22. The van der Waals surface area contributed by atoms with Gasteiger partial charge in [0.1, 0.15) is 13.2 Å². The van der Waals surface area contributed by atoms with Gasteiger partial charge in [0, 0.05) is 0 Å². The first kappa shape index (κ1) is 26.7. The van der Waals surface area contributed by atoms with Gasteiger partial charge in [-0.05, 0) is 111 Å². The number of benzene rings is 3. The lowest BCUT2D eigenvalue weighted by atomic mass is 10.1. The molecule has 6 heteroatoms. The van der Waals surface area contributed by atoms with E-state index in [-0.39, 0.29) is 13.2 Å². The molecule has 6 nitrogen and oxygen atoms in total. The van der Waals surface area contributed by atoms with Gasteiger partial charge in [-0.1, -0.05) is 18.2 Å². The number of hydrogen-bond donors (Lipinski definition) is 0. The molecule has 0 aliphatic rings. The second kappa shape index (κ2) is 11.7. The maximum Gasteiger partial charge on any atom is 0.338 e. The third-order valence-corrected chi connectivity index (χ3v) is 6.30. The number of aryl methyl sites for hydroxylation is 6. The standard InChI is InChI=1S/C30H32O6/c1-18-7-10-24(13-21(18)4)28(31)34-16-27(36-30(33)26-12-9-20(3)23(6)15-26)17-35-29(32)25-11-8-19(2)22(5)14-25/h7-15,27H,16-17H2,1-6H3. The van der Waals surface area contributed by atoms with Crippen LogP contribution in [-0.4, -0.2) is 37.2 Å². The molecule has 0 aromatic heterocycles. The van der Waals surface area contributed by atoms with Crippen LogP contribution in [0.5, 0.6) is 0 Å². The number of ether oxygens (including phenoxy) is 3. The molecule has 0 spiro atoms. The number of rotatable bonds is 8. The summed E-state index contributed by atoms with van der Waals surface area (Å²) in [6, 6.07) is 15.8. The Balaban J connectivity index is 1.72. The molecule has 0 unspecified atom stereocenters. The van der Waals surface area contributed by atoms with E-state index in [9.17, 15) is 14.4 Å². The van der Waals surface area contributed by atoms with Gasteiger partial charge < -0.3 is 14.2 Å². The van der Waals surface area contributed by atoms with E-state index in [2.05, 4.69) is 0 Å². The van der Waals surface area contributed by atoms with Crippen molar-refractivity contribution in [3.05, 3.63) is 105 Å². The molecule has 0 radical (unpaired) electrons. The van der Waals surface area contributed by atoms with Crippen LogP contribution < -0.4 is 0 Å². The normalized spacial score (nSPS) is 10.8. The van der Waals surface area contributed by atoms with E-state index in [4.69, 9.17) is 14.2 Å². The molecule has 3 aromatic carbocycles. The van der Waals surface area contributed by atoms with Crippen molar-refractivity contribution in [2.24, 2.45) is 0 Å². The molecule has 36 heavy (non-hydrogen) atoms. The van der Waals surface area contributed by atoms with Crippen molar-refractivity contribution < 1.29 is 28.6 Å². The molecular weight excluding hydrogens is 456 g/mol. The van der Waals surface area contributed by atoms with Crippen molar-refractivity contribution in [1.29, 1.82) is 0 Å². The average molecular weight is 489 g/mol. The Kier molecular flexibility index (Phi) is 8.64. The zero-order valence-electron chi connectivity index (χ0n) is 21.6. The first-order chi connectivity index (χ1) is 17.0. The second-order valence-electron chi connectivity index (χ2n) is 9.12. The minimum absolute atomic E-state index is 0.261. The maximum absolute atomic E-state index is 12.8. The van der Waals surface area contributed by atoms with Crippen LogP contribution in [0.4, 0.5) is 0 Å². The van der Waals surface area contributed by atoms with Crippen LogP contribution in [0, 0.1) is 41.5 Å². The predicted octanol–water partition coefficient (Wildman–Crippen LogP) is 5.78. The van der Waals surface area contributed by atoms with E-state index in [1.807, 2.05) is 59.7 Å². The van der Waals surface area contributed by atoms with Crippen molar-refractivity contribution >= 4 is 17.9 Å². The molecule has 0 atom stereocenters. The summed E-state index contributed by atoms with van der Waals surface area (Å²) in [6.45, 7) is 11.1. The Bertz CT molecular complexity index is 1220. The highest BCUT2D eigenvalue weighted by Crippen LogP contribution is 2.15. The Morgan fingerprint density at radius 3 is 1.19 bits per heavy atom. The first-order valence-electron chi connectivity index (χ1n) is 11.8. The van der Waals surface area contributed by atoms with Gasteiger partial charge in [0.15, 0.2) is 6.10 Å². The van der Waals surface area contributed by atoms with E-state index < -0.39 is 24.0 Å². The lowest BCUT2D eigenvalue weighted by molar-refractivity contribution is -0.0253. The van der Waals surface area contributed by atoms with Gasteiger partial charge in [-0.3, -0.25) is 0 Å². The monoisotopic (exact) mass is 488 g/mol. The fourth-order valence-electron chi connectivity index (χ4n) is 3.44. The largest absolute Gasteiger partial charge is 0.458 e. The number of carbonyl (C=O) groups is 3. The molecule has 0 saturated heterocycles. The molecule has 0 heterocycles. The van der Waals surface area contributed by atoms with Crippen LogP contribution in [-0.2, 0) is 14.2 Å². The van der Waals surface area contributed by atoms with Crippen molar-refractivity contribution in [2.45, 2.75) is 47.6 Å². The molecule has 0 aliphatic heterocycles. The van der Waals surface area contributed by atoms with Gasteiger partial charge in [0.2, 0.25) is 0 Å². The predicted molar refractivity (Wildman–Crippen MR) is 138 cm³/mol. The molecule has 0 bridgehead atoms. The van der Waals surface area contributed by atoms with Gasteiger partial charge in [0.25, 0.3) is 0 Å². The molecule has 188 valence electrons. The fourth-order valence-corrected chi connectivity index (χ4v) is 3.44. The summed E-state index contributed by atoms with van der Waals surface area (Å²) in [4.78, 5) is 38.0. The zero-order chi connectivity index (χ0) is 26.4. The van der Waals surface area contributed by atoms with Crippen LogP contribution in [0.1, 0.15) is 64.5 Å². The molecule has 0 N–H and O–H groups in total. The first-order valence-corrected chi connectivity index (χ1v) is 11.8. The average Bonchev–Trinajstić information content (AvgIpc) is 2.85. The van der Waals surface area contributed by atoms with Crippen LogP contribution >= 0.6 is 0 Å². The summed E-state index contributed by atoms with van der Waals surface area (Å²) in [6.07, 6.45) is -0.981. The fraction of sp³-hybridized carbons (Fsp3) is 0.300. The topological polar surface area (TPSA) is 78.9 Å². The van der Waals surface area contributed by atoms with E-state index in [1.54, 1.807) is 36.4 Å². The molecule has 0 aliphatic carbocycles. The van der Waals surface area contributed by atoms with E-state index in [1.165, 1.54) is 0 Å². The summed E-state index contributed by atoms with van der Waals surface area (Å²) in [7, 11) is 0. The van der Waals surface area contributed by atoms with Crippen LogP contribution in [0.2, 0.25) is 0 Å². The van der Waals surface area contributed by atoms with E-state index in [0.29, 0.717) is 16.7 Å². The Labute approximate surface area is 212 Å². The highest BCUT2D eigenvalue weighted by atomic mass is 16.6. The molecule has 3 aromatic rings. The van der Waals surface area contributed by atoms with Crippen molar-refractivity contribution in [1.82, 2.24) is 0 Å². The molecular formula is C30H32O6. The number of carbonyl (C=O) groups excluding carboxylic acids is 3. The zero-order valence-corrected chi connectivity index (χ0v) is 21.6. The van der Waals surface area contributed by atoms with E-state index in [0.717, 1.165) is 33.4 Å². The summed E-state index contributed by atoms with van der Waals surface area (Å²) < 4.78 is 16.5. The molecule has 0 saturated carbocycles. The van der Waals surface area contributed by atoms with Gasteiger partial charge in [-0.2, -0.15) is 0 Å². The van der Waals surface area contributed by atoms with Gasteiger partial charge >= 0.3 is 17.9 Å². The van der Waals surface area contributed by atoms with Gasteiger partial charge in [-0.15, -0.1) is 0 Å². The maximum atomic E-state index is 12.8. The minimum Gasteiger partial charge on any atom is -0.458 e. The SMILES string of the molecule is Cc1ccc(C(=O)OCC(COC(=O)c2ccc(C)c(C)c2)OC(=O)c2ccc(C)c(C)c2)cc1C. The van der Waals surface area contributed by atoms with Gasteiger partial charge in [-0.25, -0.2) is 14.4 Å². The van der Waals surface area contributed by atoms with Crippen LogP contribution in [0.15, 0.2) is 54.6 Å². The van der Waals surface area contributed by atoms with Gasteiger partial charge in [0.05, 0.1) is 16.7 Å². The number of hydrogen-bond acceptors (Lipinski definition) is 6. The minimum atomic E-state index is -0.981. The van der Waals surface area contributed by atoms with Crippen LogP contribution in [0.3, 0.4) is 0 Å². The van der Waals surface area contributed by atoms with Crippen molar-refractivity contribution in [2.75, 3.05) is 13.2 Å². The summed E-state index contributed by atoms with van der Waals surface area (Å²) in [5.41, 5.74) is 7.19. The Morgan fingerprint density at radius 1 is 0.528 bits per heavy atom. The second-order valence-corrected chi connectivity index (χ2v) is 9.12. The number of esters is 3. The summed E-state index contributed by atoms with van der Waals surface area (Å²) in [5.74, 6) is -1.69. The van der Waals surface area contributed by atoms with Crippen molar-refractivity contribution in [3.8, 4) is 0 Å². The third kappa shape index (κ3) is 6.81. The molecule has 0 fully saturated rings. The quantitative estimate of drug-likeness (QED) is 0.296. The molecule has 0 amide bonds. The third-order valence-electron chi connectivity index (χ3n) is 6.30. The smallest absolute Gasteiger partial charge is 0.338 e. The Hall–Kier alpha value is -3.93. The highest BCUT2D eigenvalue weighted by molar-refractivity contribution is 5.91. The molecule has 3 rings (SSSR count). The van der Waals surface area contributed by atoms with Crippen molar-refractivity contribution in [3.63, 3.8) is 0 Å². The summed E-state index contributed by atoms with van der Waals surface area (Å²) in [5, 5.41) is 0. The lowest BCUT2D eigenvalue weighted by Gasteiger charge is -2.19. The summed E-state index contributed by atoms with van der Waals surface area (Å²) >= 11 is 0.